The Kier molecular flexibility index (Phi) is 4.76. The van der Waals surface area contributed by atoms with Gasteiger partial charge in [0.2, 0.25) is 0 Å². The van der Waals surface area contributed by atoms with E-state index in [1.807, 2.05) is 43.3 Å². The third-order valence-corrected chi connectivity index (χ3v) is 3.08. The molecule has 106 valence electrons. The predicted octanol–water partition coefficient (Wildman–Crippen LogP) is 1.84. The van der Waals surface area contributed by atoms with Crippen LogP contribution in [0.25, 0.3) is 0 Å². The van der Waals surface area contributed by atoms with Gasteiger partial charge in [-0.25, -0.2) is 4.98 Å². The summed E-state index contributed by atoms with van der Waals surface area (Å²) < 4.78 is 0. The first-order valence-corrected chi connectivity index (χ1v) is 6.70. The monoisotopic (exact) mass is 272 g/mol. The number of H-pyrrole nitrogens is 1. The van der Waals surface area contributed by atoms with E-state index in [0.717, 1.165) is 24.4 Å². The van der Waals surface area contributed by atoms with Crippen LogP contribution in [0.2, 0.25) is 0 Å². The summed E-state index contributed by atoms with van der Waals surface area (Å²) in [5.74, 6) is 0.921. The van der Waals surface area contributed by atoms with Crippen LogP contribution in [0.15, 0.2) is 36.7 Å². The summed E-state index contributed by atoms with van der Waals surface area (Å²) in [4.78, 5) is 21.1. The molecule has 2 N–H and O–H groups in total. The fourth-order valence-electron chi connectivity index (χ4n) is 1.91. The van der Waals surface area contributed by atoms with Crippen LogP contribution in [0, 0.1) is 0 Å². The Balaban J connectivity index is 1.76. The number of aromatic nitrogens is 2. The quantitative estimate of drug-likeness (QED) is 0.789. The Morgan fingerprint density at radius 2 is 2.05 bits per heavy atom. The predicted molar refractivity (Wildman–Crippen MR) is 80.0 cm³/mol. The van der Waals surface area contributed by atoms with Crippen LogP contribution in [-0.4, -0.2) is 36.5 Å². The second-order valence-corrected chi connectivity index (χ2v) is 4.84. The Labute approximate surface area is 119 Å². The van der Waals surface area contributed by atoms with E-state index in [2.05, 4.69) is 15.3 Å². The second-order valence-electron chi connectivity index (χ2n) is 4.84. The van der Waals surface area contributed by atoms with Gasteiger partial charge in [0.1, 0.15) is 5.82 Å². The molecular weight excluding hydrogens is 252 g/mol. The maximum atomic E-state index is 11.9. The number of carbonyl (C=O) groups excluding carboxylic acids is 1. The van der Waals surface area contributed by atoms with E-state index in [1.165, 1.54) is 0 Å². The molecule has 0 atom stereocenters. The molecule has 0 saturated heterocycles. The highest BCUT2D eigenvalue weighted by atomic mass is 16.1. The van der Waals surface area contributed by atoms with Crippen LogP contribution >= 0.6 is 0 Å². The van der Waals surface area contributed by atoms with Crippen molar-refractivity contribution in [2.45, 2.75) is 12.8 Å². The molecule has 0 aliphatic rings. The molecule has 1 heterocycles. The van der Waals surface area contributed by atoms with Gasteiger partial charge in [-0.15, -0.1) is 0 Å². The van der Waals surface area contributed by atoms with Crippen molar-refractivity contribution in [1.82, 2.24) is 15.3 Å². The molecule has 0 aliphatic carbocycles. The minimum atomic E-state index is -0.0326. The number of aromatic amines is 1. The Bertz CT molecular complexity index is 532. The highest BCUT2D eigenvalue weighted by Crippen LogP contribution is 2.12. The molecule has 0 bridgehead atoms. The molecule has 2 rings (SSSR count). The van der Waals surface area contributed by atoms with E-state index in [4.69, 9.17) is 0 Å². The summed E-state index contributed by atoms with van der Waals surface area (Å²) >= 11 is 0. The molecule has 0 radical (unpaired) electrons. The van der Waals surface area contributed by atoms with E-state index in [9.17, 15) is 4.79 Å². The Morgan fingerprint density at radius 3 is 2.65 bits per heavy atom. The number of carbonyl (C=O) groups is 1. The van der Waals surface area contributed by atoms with Crippen LogP contribution in [0.4, 0.5) is 5.69 Å². The lowest BCUT2D eigenvalue weighted by Crippen LogP contribution is -2.24. The molecule has 5 heteroatoms. The van der Waals surface area contributed by atoms with Crippen molar-refractivity contribution in [2.75, 3.05) is 25.5 Å². The number of imidazole rings is 1. The lowest BCUT2D eigenvalue weighted by Gasteiger charge is -2.12. The molecule has 5 nitrogen and oxygen atoms in total. The normalized spacial score (nSPS) is 10.3. The first kappa shape index (κ1) is 14.1. The summed E-state index contributed by atoms with van der Waals surface area (Å²) in [6.07, 6.45) is 5.25. The van der Waals surface area contributed by atoms with E-state index in [-0.39, 0.29) is 5.91 Å². The number of rotatable bonds is 6. The molecular formula is C15H20N4O. The molecule has 0 aliphatic heterocycles. The van der Waals surface area contributed by atoms with Gasteiger partial charge in [0, 0.05) is 50.7 Å². The van der Waals surface area contributed by atoms with Crippen molar-refractivity contribution in [1.29, 1.82) is 0 Å². The minimum absolute atomic E-state index is 0.0326. The topological polar surface area (TPSA) is 61.0 Å². The molecule has 0 unspecified atom stereocenters. The molecule has 1 aromatic heterocycles. The van der Waals surface area contributed by atoms with Gasteiger partial charge in [-0.05, 0) is 30.7 Å². The number of hydrogen-bond acceptors (Lipinski definition) is 3. The summed E-state index contributed by atoms with van der Waals surface area (Å²) in [5, 5.41) is 2.92. The largest absolute Gasteiger partial charge is 0.378 e. The third kappa shape index (κ3) is 3.85. The molecule has 1 amide bonds. The number of benzene rings is 1. The standard InChI is InChI=1S/C15H20N4O/c1-19(2)13-7-5-12(6-8-13)15(20)18-9-3-4-14-16-10-11-17-14/h5-8,10-11H,3-4,9H2,1-2H3,(H,16,17)(H,18,20). The van der Waals surface area contributed by atoms with Gasteiger partial charge in [0.25, 0.3) is 5.91 Å². The zero-order valence-corrected chi connectivity index (χ0v) is 11.9. The average molecular weight is 272 g/mol. The minimum Gasteiger partial charge on any atom is -0.378 e. The lowest BCUT2D eigenvalue weighted by molar-refractivity contribution is 0.0953. The van der Waals surface area contributed by atoms with Crippen LogP contribution in [-0.2, 0) is 6.42 Å². The van der Waals surface area contributed by atoms with Crippen molar-refractivity contribution in [2.24, 2.45) is 0 Å². The van der Waals surface area contributed by atoms with Gasteiger partial charge in [0.15, 0.2) is 0 Å². The molecule has 0 spiro atoms. The summed E-state index contributed by atoms with van der Waals surface area (Å²) in [7, 11) is 3.95. The smallest absolute Gasteiger partial charge is 0.251 e. The van der Waals surface area contributed by atoms with Gasteiger partial charge >= 0.3 is 0 Å². The average Bonchev–Trinajstić information content (AvgIpc) is 2.96. The van der Waals surface area contributed by atoms with Gasteiger partial charge < -0.3 is 15.2 Å². The molecule has 20 heavy (non-hydrogen) atoms. The van der Waals surface area contributed by atoms with E-state index >= 15 is 0 Å². The summed E-state index contributed by atoms with van der Waals surface area (Å²) in [6, 6.07) is 7.57. The van der Waals surface area contributed by atoms with Gasteiger partial charge in [-0.1, -0.05) is 0 Å². The number of nitrogens with one attached hydrogen (secondary N) is 2. The van der Waals surface area contributed by atoms with Crippen molar-refractivity contribution < 1.29 is 4.79 Å². The van der Waals surface area contributed by atoms with Crippen LogP contribution in [0.5, 0.6) is 0 Å². The highest BCUT2D eigenvalue weighted by Gasteiger charge is 2.05. The third-order valence-electron chi connectivity index (χ3n) is 3.08. The fraction of sp³-hybridized carbons (Fsp3) is 0.333. The van der Waals surface area contributed by atoms with Gasteiger partial charge in [0.05, 0.1) is 0 Å². The summed E-state index contributed by atoms with van der Waals surface area (Å²) in [5.41, 5.74) is 1.77. The van der Waals surface area contributed by atoms with Crippen LogP contribution in [0.1, 0.15) is 22.6 Å². The van der Waals surface area contributed by atoms with Crippen molar-refractivity contribution in [3.05, 3.63) is 48.0 Å². The first-order chi connectivity index (χ1) is 9.66. The first-order valence-electron chi connectivity index (χ1n) is 6.70. The van der Waals surface area contributed by atoms with Crippen molar-refractivity contribution in [3.63, 3.8) is 0 Å². The van der Waals surface area contributed by atoms with E-state index in [0.29, 0.717) is 12.1 Å². The lowest BCUT2D eigenvalue weighted by atomic mass is 10.2. The second kappa shape index (κ2) is 6.75. The molecule has 0 fully saturated rings. The number of hydrogen-bond donors (Lipinski definition) is 2. The van der Waals surface area contributed by atoms with Crippen molar-refractivity contribution in [3.8, 4) is 0 Å². The van der Waals surface area contributed by atoms with E-state index in [1.54, 1.807) is 12.4 Å². The Morgan fingerprint density at radius 1 is 1.30 bits per heavy atom. The van der Waals surface area contributed by atoms with Gasteiger partial charge in [-0.2, -0.15) is 0 Å². The van der Waals surface area contributed by atoms with Crippen molar-refractivity contribution >= 4 is 11.6 Å². The summed E-state index contributed by atoms with van der Waals surface area (Å²) in [6.45, 7) is 0.648. The highest BCUT2D eigenvalue weighted by molar-refractivity contribution is 5.94. The number of anilines is 1. The Hall–Kier alpha value is -2.30. The fourth-order valence-corrected chi connectivity index (χ4v) is 1.91. The molecule has 1 aromatic carbocycles. The number of nitrogens with zero attached hydrogens (tertiary/aromatic N) is 2. The number of amides is 1. The zero-order chi connectivity index (χ0) is 14.4. The zero-order valence-electron chi connectivity index (χ0n) is 11.9. The molecule has 2 aromatic rings. The SMILES string of the molecule is CN(C)c1ccc(C(=O)NCCCc2ncc[nH]2)cc1. The number of aryl methyl sites for hydroxylation is 1. The van der Waals surface area contributed by atoms with Crippen LogP contribution < -0.4 is 10.2 Å². The van der Waals surface area contributed by atoms with E-state index < -0.39 is 0 Å². The van der Waals surface area contributed by atoms with Crippen LogP contribution in [0.3, 0.4) is 0 Å². The van der Waals surface area contributed by atoms with Gasteiger partial charge in [-0.3, -0.25) is 4.79 Å². The molecule has 0 saturated carbocycles. The maximum absolute atomic E-state index is 11.9. The maximum Gasteiger partial charge on any atom is 0.251 e.